The Bertz CT molecular complexity index is 1570. The lowest BCUT2D eigenvalue weighted by molar-refractivity contribution is 0.251. The number of nitrogens with one attached hydrogen (secondary N) is 3. The van der Waals surface area contributed by atoms with Crippen molar-refractivity contribution < 1.29 is 9.53 Å². The summed E-state index contributed by atoms with van der Waals surface area (Å²) in [6.07, 6.45) is 4.89. The van der Waals surface area contributed by atoms with Crippen molar-refractivity contribution >= 4 is 28.6 Å². The number of urea groups is 1. The van der Waals surface area contributed by atoms with Crippen molar-refractivity contribution in [3.63, 3.8) is 0 Å². The molecular formula is C28H23N7O2. The van der Waals surface area contributed by atoms with Gasteiger partial charge in [0.05, 0.1) is 47.1 Å². The Morgan fingerprint density at radius 2 is 1.78 bits per heavy atom. The molecule has 0 aliphatic heterocycles. The van der Waals surface area contributed by atoms with E-state index in [4.69, 9.17) is 4.74 Å². The molecule has 0 saturated carbocycles. The van der Waals surface area contributed by atoms with Crippen LogP contribution in [0.1, 0.15) is 16.8 Å². The van der Waals surface area contributed by atoms with Crippen LogP contribution >= 0.6 is 0 Å². The summed E-state index contributed by atoms with van der Waals surface area (Å²) in [7, 11) is 0. The van der Waals surface area contributed by atoms with Gasteiger partial charge >= 0.3 is 6.03 Å². The average molecular weight is 490 g/mol. The molecule has 5 aromatic rings. The Balaban J connectivity index is 1.36. The number of aromatic nitrogens is 3. The van der Waals surface area contributed by atoms with Gasteiger partial charge in [0.25, 0.3) is 0 Å². The molecule has 37 heavy (non-hydrogen) atoms. The molecule has 9 heteroatoms. The van der Waals surface area contributed by atoms with Gasteiger partial charge in [0.15, 0.2) is 0 Å². The molecule has 3 heterocycles. The first-order valence-electron chi connectivity index (χ1n) is 11.6. The summed E-state index contributed by atoms with van der Waals surface area (Å²) in [5.41, 5.74) is 4.53. The van der Waals surface area contributed by atoms with Gasteiger partial charge in [-0.3, -0.25) is 4.98 Å². The molecule has 0 saturated heterocycles. The fourth-order valence-electron chi connectivity index (χ4n) is 3.84. The lowest BCUT2D eigenvalue weighted by Crippen LogP contribution is -2.28. The number of hydrogen-bond donors (Lipinski definition) is 3. The number of nitriles is 1. The molecule has 3 N–H and O–H groups in total. The number of carbonyl (C=O) groups excluding carboxylic acids is 1. The first-order valence-corrected chi connectivity index (χ1v) is 11.6. The third-order valence-electron chi connectivity index (χ3n) is 5.68. The smallest absolute Gasteiger partial charge is 0.319 e. The van der Waals surface area contributed by atoms with Crippen molar-refractivity contribution in [2.24, 2.45) is 0 Å². The van der Waals surface area contributed by atoms with Crippen LogP contribution in [-0.2, 0) is 6.54 Å². The summed E-state index contributed by atoms with van der Waals surface area (Å²) in [5, 5.41) is 23.1. The van der Waals surface area contributed by atoms with Crippen LogP contribution in [0.4, 0.5) is 21.9 Å². The van der Waals surface area contributed by atoms with E-state index in [2.05, 4.69) is 32.1 Å². The number of pyridine rings is 1. The molecule has 0 aliphatic rings. The SMILES string of the molecule is Cc1c(NC(=O)NCc2ccccn2)cn2ncc(C#N)c(Nc3ccc(Oc4ccccc4)cc3)c12. The fraction of sp³-hybridized carbons (Fsp3) is 0.0714. The molecule has 0 spiro atoms. The van der Waals surface area contributed by atoms with Gasteiger partial charge in [-0.25, -0.2) is 9.31 Å². The summed E-state index contributed by atoms with van der Waals surface area (Å²) in [4.78, 5) is 16.7. The van der Waals surface area contributed by atoms with Gasteiger partial charge in [0.1, 0.15) is 17.6 Å². The van der Waals surface area contributed by atoms with E-state index in [1.807, 2.05) is 79.7 Å². The maximum Gasteiger partial charge on any atom is 0.319 e. The number of nitrogens with zero attached hydrogens (tertiary/aromatic N) is 4. The van der Waals surface area contributed by atoms with Gasteiger partial charge in [-0.1, -0.05) is 24.3 Å². The van der Waals surface area contributed by atoms with Gasteiger partial charge < -0.3 is 20.7 Å². The Morgan fingerprint density at radius 3 is 2.51 bits per heavy atom. The molecule has 0 radical (unpaired) electrons. The summed E-state index contributed by atoms with van der Waals surface area (Å²) >= 11 is 0. The van der Waals surface area contributed by atoms with E-state index in [0.717, 1.165) is 22.7 Å². The van der Waals surface area contributed by atoms with E-state index in [1.54, 1.807) is 16.9 Å². The third kappa shape index (κ3) is 5.33. The Labute approximate surface area is 213 Å². The largest absolute Gasteiger partial charge is 0.457 e. The van der Waals surface area contributed by atoms with E-state index in [-0.39, 0.29) is 6.03 Å². The zero-order valence-corrected chi connectivity index (χ0v) is 20.0. The average Bonchev–Trinajstić information content (AvgIpc) is 3.25. The molecule has 0 bridgehead atoms. The van der Waals surface area contributed by atoms with Crippen LogP contribution in [-0.4, -0.2) is 20.6 Å². The van der Waals surface area contributed by atoms with Crippen LogP contribution in [0.5, 0.6) is 11.5 Å². The number of anilines is 3. The molecule has 0 atom stereocenters. The second-order valence-corrected chi connectivity index (χ2v) is 8.20. The zero-order chi connectivity index (χ0) is 25.6. The fourth-order valence-corrected chi connectivity index (χ4v) is 3.84. The number of benzene rings is 2. The van der Waals surface area contributed by atoms with Crippen molar-refractivity contribution in [2.75, 3.05) is 10.6 Å². The number of aryl methyl sites for hydroxylation is 1. The quantitative estimate of drug-likeness (QED) is 0.267. The predicted molar refractivity (Wildman–Crippen MR) is 141 cm³/mol. The van der Waals surface area contributed by atoms with Crippen LogP contribution in [0.3, 0.4) is 0 Å². The highest BCUT2D eigenvalue weighted by Crippen LogP contribution is 2.33. The van der Waals surface area contributed by atoms with Gasteiger partial charge in [0.2, 0.25) is 0 Å². The van der Waals surface area contributed by atoms with E-state index >= 15 is 0 Å². The minimum Gasteiger partial charge on any atom is -0.457 e. The van der Waals surface area contributed by atoms with E-state index in [0.29, 0.717) is 34.7 Å². The van der Waals surface area contributed by atoms with Crippen LogP contribution in [0.2, 0.25) is 0 Å². The van der Waals surface area contributed by atoms with E-state index < -0.39 is 0 Å². The predicted octanol–water partition coefficient (Wildman–Crippen LogP) is 5.77. The Hall–Kier alpha value is -5.36. The number of rotatable bonds is 7. The van der Waals surface area contributed by atoms with Gasteiger partial charge in [-0.05, 0) is 55.5 Å². The minimum absolute atomic E-state index is 0.298. The monoisotopic (exact) mass is 489 g/mol. The number of ether oxygens (including phenoxy) is 1. The lowest BCUT2D eigenvalue weighted by Gasteiger charge is -2.12. The summed E-state index contributed by atoms with van der Waals surface area (Å²) in [6, 6.07) is 24.3. The van der Waals surface area contributed by atoms with Crippen molar-refractivity contribution in [3.8, 4) is 17.6 Å². The summed E-state index contributed by atoms with van der Waals surface area (Å²) in [6.45, 7) is 2.17. The molecule has 2 aromatic carbocycles. The number of hydrogen-bond acceptors (Lipinski definition) is 6. The minimum atomic E-state index is -0.367. The molecule has 9 nitrogen and oxygen atoms in total. The topological polar surface area (TPSA) is 116 Å². The second kappa shape index (κ2) is 10.5. The maximum atomic E-state index is 12.5. The van der Waals surface area contributed by atoms with Crippen LogP contribution in [0.25, 0.3) is 5.52 Å². The second-order valence-electron chi connectivity index (χ2n) is 8.20. The first kappa shape index (κ1) is 23.4. The van der Waals surface area contributed by atoms with E-state index in [9.17, 15) is 10.1 Å². The van der Waals surface area contributed by atoms with Crippen LogP contribution < -0.4 is 20.7 Å². The van der Waals surface area contributed by atoms with Gasteiger partial charge in [-0.2, -0.15) is 10.4 Å². The molecular weight excluding hydrogens is 466 g/mol. The highest BCUT2D eigenvalue weighted by molar-refractivity contribution is 5.94. The van der Waals surface area contributed by atoms with Crippen molar-refractivity contribution in [1.82, 2.24) is 19.9 Å². The lowest BCUT2D eigenvalue weighted by atomic mass is 10.1. The van der Waals surface area contributed by atoms with Gasteiger partial charge in [0, 0.05) is 17.4 Å². The number of para-hydroxylation sites is 1. The Morgan fingerprint density at radius 1 is 1.03 bits per heavy atom. The highest BCUT2D eigenvalue weighted by atomic mass is 16.5. The normalized spacial score (nSPS) is 10.5. The first-order chi connectivity index (χ1) is 18.1. The highest BCUT2D eigenvalue weighted by Gasteiger charge is 2.17. The summed E-state index contributed by atoms with van der Waals surface area (Å²) < 4.78 is 7.50. The van der Waals surface area contributed by atoms with Crippen molar-refractivity contribution in [2.45, 2.75) is 13.5 Å². The Kier molecular flexibility index (Phi) is 6.63. The molecule has 0 unspecified atom stereocenters. The zero-order valence-electron chi connectivity index (χ0n) is 20.0. The maximum absolute atomic E-state index is 12.5. The van der Waals surface area contributed by atoms with E-state index in [1.165, 1.54) is 6.20 Å². The van der Waals surface area contributed by atoms with Gasteiger partial charge in [-0.15, -0.1) is 0 Å². The molecule has 2 amide bonds. The number of amides is 2. The van der Waals surface area contributed by atoms with Crippen molar-refractivity contribution in [1.29, 1.82) is 5.26 Å². The van der Waals surface area contributed by atoms with Crippen LogP contribution in [0, 0.1) is 18.3 Å². The molecule has 0 fully saturated rings. The number of carbonyl (C=O) groups is 1. The third-order valence-corrected chi connectivity index (χ3v) is 5.68. The standard InChI is InChI=1S/C28H23N7O2/c1-19-25(34-28(36)31-17-22-7-5-6-14-30-22)18-35-27(19)26(20(15-29)16-32-35)33-21-10-12-24(13-11-21)37-23-8-3-2-4-9-23/h2-14,16,18,33H,17H2,1H3,(H2,31,34,36). The molecule has 5 rings (SSSR count). The summed E-state index contributed by atoms with van der Waals surface area (Å²) in [5.74, 6) is 1.44. The number of fused-ring (bicyclic) bond motifs is 1. The molecule has 3 aromatic heterocycles. The van der Waals surface area contributed by atoms with Crippen LogP contribution in [0.15, 0.2) is 91.4 Å². The van der Waals surface area contributed by atoms with Crippen molar-refractivity contribution in [3.05, 3.63) is 108 Å². The molecule has 0 aliphatic carbocycles. The molecule has 182 valence electrons.